The fraction of sp³-hybridized carbons (Fsp3) is 0.333. The molecule has 0 atom stereocenters. The second-order valence-electron chi connectivity index (χ2n) is 6.07. The zero-order valence-electron chi connectivity index (χ0n) is 13.4. The van der Waals surface area contributed by atoms with E-state index in [9.17, 15) is 0 Å². The number of anilines is 1. The summed E-state index contributed by atoms with van der Waals surface area (Å²) in [4.78, 5) is 13.7. The molecule has 6 heteroatoms. The predicted molar refractivity (Wildman–Crippen MR) is 97.3 cm³/mol. The average molecular weight is 340 g/mol. The van der Waals surface area contributed by atoms with Gasteiger partial charge in [-0.25, -0.2) is 9.97 Å². The second-order valence-corrected chi connectivity index (χ2v) is 6.99. The fourth-order valence-electron chi connectivity index (χ4n) is 3.13. The molecule has 0 radical (unpaired) electrons. The SMILES string of the molecule is OCc1ccc(CN2CCN(c3ncnc4ccsc34)CC2)cc1. The van der Waals surface area contributed by atoms with Crippen molar-refractivity contribution in [2.75, 3.05) is 31.1 Å². The van der Waals surface area contributed by atoms with Gasteiger partial charge in [-0.05, 0) is 22.6 Å². The van der Waals surface area contributed by atoms with Crippen molar-refractivity contribution in [2.24, 2.45) is 0 Å². The number of nitrogens with zero attached hydrogens (tertiary/aromatic N) is 4. The lowest BCUT2D eigenvalue weighted by Gasteiger charge is -2.35. The Morgan fingerprint density at radius 3 is 2.46 bits per heavy atom. The lowest BCUT2D eigenvalue weighted by atomic mass is 10.1. The Kier molecular flexibility index (Phi) is 4.42. The van der Waals surface area contributed by atoms with E-state index >= 15 is 0 Å². The summed E-state index contributed by atoms with van der Waals surface area (Å²) in [6, 6.07) is 10.3. The molecule has 0 aliphatic carbocycles. The number of piperazine rings is 1. The minimum Gasteiger partial charge on any atom is -0.392 e. The van der Waals surface area contributed by atoms with E-state index in [4.69, 9.17) is 5.11 Å². The van der Waals surface area contributed by atoms with Crippen LogP contribution in [-0.2, 0) is 13.2 Å². The minimum atomic E-state index is 0.106. The summed E-state index contributed by atoms with van der Waals surface area (Å²) >= 11 is 1.71. The van der Waals surface area contributed by atoms with Crippen molar-refractivity contribution in [3.8, 4) is 0 Å². The molecule has 124 valence electrons. The summed E-state index contributed by atoms with van der Waals surface area (Å²) in [5, 5.41) is 11.2. The van der Waals surface area contributed by atoms with Crippen LogP contribution in [-0.4, -0.2) is 46.2 Å². The van der Waals surface area contributed by atoms with Gasteiger partial charge in [-0.15, -0.1) is 11.3 Å². The van der Waals surface area contributed by atoms with Crippen LogP contribution in [0.3, 0.4) is 0 Å². The number of aliphatic hydroxyl groups is 1. The van der Waals surface area contributed by atoms with E-state index in [2.05, 4.69) is 43.3 Å². The summed E-state index contributed by atoms with van der Waals surface area (Å²) in [5.74, 6) is 1.07. The summed E-state index contributed by atoms with van der Waals surface area (Å²) < 4.78 is 1.19. The zero-order valence-corrected chi connectivity index (χ0v) is 14.2. The molecule has 5 nitrogen and oxygen atoms in total. The number of benzene rings is 1. The Balaban J connectivity index is 1.40. The van der Waals surface area contributed by atoms with Gasteiger partial charge in [-0.3, -0.25) is 4.90 Å². The average Bonchev–Trinajstić information content (AvgIpc) is 3.12. The maximum Gasteiger partial charge on any atom is 0.150 e. The van der Waals surface area contributed by atoms with Gasteiger partial charge in [-0.1, -0.05) is 24.3 Å². The van der Waals surface area contributed by atoms with E-state index in [1.807, 2.05) is 12.1 Å². The molecule has 1 aliphatic rings. The Bertz CT molecular complexity index is 809. The van der Waals surface area contributed by atoms with Crippen LogP contribution >= 0.6 is 11.3 Å². The van der Waals surface area contributed by atoms with Crippen LogP contribution in [0.4, 0.5) is 5.82 Å². The number of rotatable bonds is 4. The molecular weight excluding hydrogens is 320 g/mol. The van der Waals surface area contributed by atoms with Crippen molar-refractivity contribution in [3.63, 3.8) is 0 Å². The van der Waals surface area contributed by atoms with Gasteiger partial charge in [-0.2, -0.15) is 0 Å². The van der Waals surface area contributed by atoms with Gasteiger partial charge in [0.1, 0.15) is 12.1 Å². The van der Waals surface area contributed by atoms with E-state index in [0.717, 1.165) is 49.6 Å². The molecule has 2 aromatic heterocycles. The van der Waals surface area contributed by atoms with Crippen molar-refractivity contribution < 1.29 is 5.11 Å². The maximum atomic E-state index is 9.12. The van der Waals surface area contributed by atoms with Gasteiger partial charge in [0.05, 0.1) is 16.8 Å². The van der Waals surface area contributed by atoms with Crippen molar-refractivity contribution >= 4 is 27.4 Å². The lowest BCUT2D eigenvalue weighted by Crippen LogP contribution is -2.46. The normalized spacial score (nSPS) is 16.0. The number of aromatic nitrogens is 2. The van der Waals surface area contributed by atoms with Gasteiger partial charge in [0, 0.05) is 32.7 Å². The Morgan fingerprint density at radius 2 is 1.71 bits per heavy atom. The smallest absolute Gasteiger partial charge is 0.150 e. The third-order valence-electron chi connectivity index (χ3n) is 4.51. The molecule has 1 aromatic carbocycles. The largest absolute Gasteiger partial charge is 0.392 e. The quantitative estimate of drug-likeness (QED) is 0.791. The van der Waals surface area contributed by atoms with Gasteiger partial charge < -0.3 is 10.0 Å². The van der Waals surface area contributed by atoms with Crippen LogP contribution in [0.2, 0.25) is 0 Å². The van der Waals surface area contributed by atoms with Crippen molar-refractivity contribution in [1.82, 2.24) is 14.9 Å². The molecule has 0 spiro atoms. The first kappa shape index (κ1) is 15.5. The fourth-order valence-corrected chi connectivity index (χ4v) is 3.99. The third-order valence-corrected chi connectivity index (χ3v) is 5.41. The molecule has 1 aliphatic heterocycles. The molecule has 3 aromatic rings. The summed E-state index contributed by atoms with van der Waals surface area (Å²) in [6.07, 6.45) is 1.67. The molecule has 0 unspecified atom stereocenters. The van der Waals surface area contributed by atoms with Gasteiger partial charge in [0.2, 0.25) is 0 Å². The highest BCUT2D eigenvalue weighted by atomic mass is 32.1. The van der Waals surface area contributed by atoms with Gasteiger partial charge in [0.15, 0.2) is 0 Å². The van der Waals surface area contributed by atoms with Crippen molar-refractivity contribution in [3.05, 3.63) is 53.2 Å². The molecule has 0 bridgehead atoms. The molecule has 1 fully saturated rings. The standard InChI is InChI=1S/C18H20N4OS/c23-12-15-3-1-14(2-4-15)11-21-6-8-22(9-7-21)18-17-16(5-10-24-17)19-13-20-18/h1-5,10,13,23H,6-9,11-12H2. The molecule has 3 heterocycles. The summed E-state index contributed by atoms with van der Waals surface area (Å²) in [5.41, 5.74) is 3.30. The molecule has 0 saturated carbocycles. The van der Waals surface area contributed by atoms with Crippen LogP contribution in [0, 0.1) is 0 Å². The van der Waals surface area contributed by atoms with E-state index in [1.54, 1.807) is 17.7 Å². The first-order valence-electron chi connectivity index (χ1n) is 8.17. The van der Waals surface area contributed by atoms with Crippen LogP contribution in [0.1, 0.15) is 11.1 Å². The number of hydrogen-bond acceptors (Lipinski definition) is 6. The number of aliphatic hydroxyl groups excluding tert-OH is 1. The molecule has 1 N–H and O–H groups in total. The second kappa shape index (κ2) is 6.84. The minimum absolute atomic E-state index is 0.106. The molecule has 4 rings (SSSR count). The summed E-state index contributed by atoms with van der Waals surface area (Å²) in [7, 11) is 0. The first-order valence-corrected chi connectivity index (χ1v) is 9.05. The van der Waals surface area contributed by atoms with Crippen LogP contribution in [0.15, 0.2) is 42.0 Å². The zero-order chi connectivity index (χ0) is 16.4. The lowest BCUT2D eigenvalue weighted by molar-refractivity contribution is 0.249. The number of thiophene rings is 1. The Labute approximate surface area is 145 Å². The first-order chi connectivity index (χ1) is 11.8. The van der Waals surface area contributed by atoms with E-state index in [1.165, 1.54) is 10.3 Å². The number of hydrogen-bond donors (Lipinski definition) is 1. The van der Waals surface area contributed by atoms with E-state index < -0.39 is 0 Å². The van der Waals surface area contributed by atoms with Gasteiger partial charge >= 0.3 is 0 Å². The van der Waals surface area contributed by atoms with Gasteiger partial charge in [0.25, 0.3) is 0 Å². The predicted octanol–water partition coefficient (Wildman–Crippen LogP) is 2.51. The highest BCUT2D eigenvalue weighted by Gasteiger charge is 2.20. The maximum absolute atomic E-state index is 9.12. The van der Waals surface area contributed by atoms with Crippen LogP contribution in [0.25, 0.3) is 10.2 Å². The third kappa shape index (κ3) is 3.13. The molecule has 1 saturated heterocycles. The van der Waals surface area contributed by atoms with Crippen LogP contribution in [0.5, 0.6) is 0 Å². The Morgan fingerprint density at radius 1 is 0.958 bits per heavy atom. The topological polar surface area (TPSA) is 52.5 Å². The monoisotopic (exact) mass is 340 g/mol. The Hall–Kier alpha value is -2.02. The highest BCUT2D eigenvalue weighted by molar-refractivity contribution is 7.17. The van der Waals surface area contributed by atoms with E-state index in [-0.39, 0.29) is 6.61 Å². The van der Waals surface area contributed by atoms with E-state index in [0.29, 0.717) is 0 Å². The molecule has 24 heavy (non-hydrogen) atoms. The van der Waals surface area contributed by atoms with Crippen molar-refractivity contribution in [1.29, 1.82) is 0 Å². The molecular formula is C18H20N4OS. The molecule has 0 amide bonds. The highest BCUT2D eigenvalue weighted by Crippen LogP contribution is 2.28. The van der Waals surface area contributed by atoms with Crippen molar-refractivity contribution in [2.45, 2.75) is 13.2 Å². The number of fused-ring (bicyclic) bond motifs is 1. The summed E-state index contributed by atoms with van der Waals surface area (Å²) in [6.45, 7) is 5.08. The van der Waals surface area contributed by atoms with Crippen LogP contribution < -0.4 is 4.90 Å².